The second-order valence-electron chi connectivity index (χ2n) is 4.71. The first-order valence-electron chi connectivity index (χ1n) is 6.21. The van der Waals surface area contributed by atoms with Crippen molar-refractivity contribution >= 4 is 11.9 Å². The van der Waals surface area contributed by atoms with Crippen LogP contribution in [-0.4, -0.2) is 42.0 Å². The van der Waals surface area contributed by atoms with E-state index in [0.717, 1.165) is 6.42 Å². The summed E-state index contributed by atoms with van der Waals surface area (Å²) in [6, 6.07) is -0.975. The molecule has 1 fully saturated rings. The highest BCUT2D eigenvalue weighted by Crippen LogP contribution is 2.20. The van der Waals surface area contributed by atoms with E-state index in [1.165, 1.54) is 0 Å². The van der Waals surface area contributed by atoms with E-state index in [9.17, 15) is 9.59 Å². The van der Waals surface area contributed by atoms with Crippen molar-refractivity contribution in [2.45, 2.75) is 45.7 Å². The SMILES string of the molecule is CCOC(=O)[C@@H]1CCCN1C(=O)[C@@H](N)C(C)C. The molecule has 1 amide bonds. The molecular weight excluding hydrogens is 220 g/mol. The Labute approximate surface area is 102 Å². The zero-order valence-electron chi connectivity index (χ0n) is 10.8. The third kappa shape index (κ3) is 3.19. The molecule has 98 valence electrons. The lowest BCUT2D eigenvalue weighted by atomic mass is 10.0. The van der Waals surface area contributed by atoms with Gasteiger partial charge in [0.2, 0.25) is 5.91 Å². The van der Waals surface area contributed by atoms with Gasteiger partial charge in [-0.2, -0.15) is 0 Å². The van der Waals surface area contributed by atoms with Gasteiger partial charge < -0.3 is 15.4 Å². The largest absolute Gasteiger partial charge is 0.464 e. The summed E-state index contributed by atoms with van der Waals surface area (Å²) in [7, 11) is 0. The fourth-order valence-corrected chi connectivity index (χ4v) is 1.99. The van der Waals surface area contributed by atoms with E-state index >= 15 is 0 Å². The molecule has 2 atom stereocenters. The van der Waals surface area contributed by atoms with Crippen molar-refractivity contribution in [3.63, 3.8) is 0 Å². The van der Waals surface area contributed by atoms with Gasteiger partial charge in [0, 0.05) is 6.54 Å². The van der Waals surface area contributed by atoms with Gasteiger partial charge in [0.15, 0.2) is 0 Å². The molecule has 0 spiro atoms. The minimum Gasteiger partial charge on any atom is -0.464 e. The lowest BCUT2D eigenvalue weighted by Gasteiger charge is -2.27. The van der Waals surface area contributed by atoms with Gasteiger partial charge in [-0.3, -0.25) is 4.79 Å². The molecule has 0 bridgehead atoms. The van der Waals surface area contributed by atoms with Crippen molar-refractivity contribution in [3.8, 4) is 0 Å². The summed E-state index contributed by atoms with van der Waals surface area (Å²) in [5.41, 5.74) is 5.83. The Bertz CT molecular complexity index is 291. The van der Waals surface area contributed by atoms with Crippen molar-refractivity contribution < 1.29 is 14.3 Å². The van der Waals surface area contributed by atoms with Crippen molar-refractivity contribution in [3.05, 3.63) is 0 Å². The lowest BCUT2D eigenvalue weighted by Crippen LogP contribution is -2.50. The summed E-state index contributed by atoms with van der Waals surface area (Å²) in [5.74, 6) is -0.379. The first-order chi connectivity index (χ1) is 7.99. The highest BCUT2D eigenvalue weighted by atomic mass is 16.5. The average molecular weight is 242 g/mol. The smallest absolute Gasteiger partial charge is 0.328 e. The quantitative estimate of drug-likeness (QED) is 0.730. The molecule has 1 rings (SSSR count). The van der Waals surface area contributed by atoms with E-state index in [1.807, 2.05) is 13.8 Å². The van der Waals surface area contributed by atoms with E-state index < -0.39 is 12.1 Å². The van der Waals surface area contributed by atoms with Crippen LogP contribution in [0.15, 0.2) is 0 Å². The molecule has 0 saturated carbocycles. The number of ether oxygens (including phenoxy) is 1. The molecule has 17 heavy (non-hydrogen) atoms. The van der Waals surface area contributed by atoms with E-state index in [1.54, 1.807) is 11.8 Å². The van der Waals surface area contributed by atoms with Gasteiger partial charge in [-0.15, -0.1) is 0 Å². The molecule has 0 unspecified atom stereocenters. The number of nitrogens with zero attached hydrogens (tertiary/aromatic N) is 1. The Hall–Kier alpha value is -1.10. The van der Waals surface area contributed by atoms with Gasteiger partial charge in [-0.1, -0.05) is 13.8 Å². The minimum absolute atomic E-state index is 0.0749. The highest BCUT2D eigenvalue weighted by molar-refractivity contribution is 5.88. The number of carbonyl (C=O) groups is 2. The van der Waals surface area contributed by atoms with Crippen LogP contribution in [0.1, 0.15) is 33.6 Å². The number of hydrogen-bond acceptors (Lipinski definition) is 4. The van der Waals surface area contributed by atoms with Crippen molar-refractivity contribution in [1.82, 2.24) is 4.90 Å². The number of hydrogen-bond donors (Lipinski definition) is 1. The molecule has 0 aromatic carbocycles. The fraction of sp³-hybridized carbons (Fsp3) is 0.833. The molecular formula is C12H22N2O3. The normalized spacial score (nSPS) is 21.7. The first kappa shape index (κ1) is 14.0. The Kier molecular flexibility index (Phi) is 4.93. The van der Waals surface area contributed by atoms with Gasteiger partial charge in [-0.05, 0) is 25.7 Å². The number of esters is 1. The minimum atomic E-state index is -0.537. The standard InChI is InChI=1S/C12H22N2O3/c1-4-17-12(16)9-6-5-7-14(9)11(15)10(13)8(2)3/h8-10H,4-7,13H2,1-3H3/t9-,10-/m0/s1. The van der Waals surface area contributed by atoms with Crippen molar-refractivity contribution in [2.24, 2.45) is 11.7 Å². The Morgan fingerprint density at radius 2 is 2.12 bits per heavy atom. The fourth-order valence-electron chi connectivity index (χ4n) is 1.99. The van der Waals surface area contributed by atoms with E-state index in [0.29, 0.717) is 19.6 Å². The molecule has 2 N–H and O–H groups in total. The van der Waals surface area contributed by atoms with Gasteiger partial charge in [0.25, 0.3) is 0 Å². The number of rotatable bonds is 4. The van der Waals surface area contributed by atoms with Crippen LogP contribution in [0.4, 0.5) is 0 Å². The summed E-state index contributed by atoms with van der Waals surface area (Å²) < 4.78 is 4.97. The van der Waals surface area contributed by atoms with Crippen LogP contribution in [0.25, 0.3) is 0 Å². The van der Waals surface area contributed by atoms with Crippen molar-refractivity contribution in [2.75, 3.05) is 13.2 Å². The number of carbonyl (C=O) groups excluding carboxylic acids is 2. The summed E-state index contributed by atoms with van der Waals surface area (Å²) in [4.78, 5) is 25.4. The Morgan fingerprint density at radius 3 is 2.65 bits per heavy atom. The van der Waals surface area contributed by atoms with Gasteiger partial charge in [0.05, 0.1) is 12.6 Å². The predicted octanol–water partition coefficient (Wildman–Crippen LogP) is 0.524. The maximum atomic E-state index is 12.1. The van der Waals surface area contributed by atoms with Crippen LogP contribution < -0.4 is 5.73 Å². The third-order valence-electron chi connectivity index (χ3n) is 3.10. The third-order valence-corrected chi connectivity index (χ3v) is 3.10. The lowest BCUT2D eigenvalue weighted by molar-refractivity contribution is -0.153. The summed E-state index contributed by atoms with van der Waals surface area (Å²) >= 11 is 0. The Morgan fingerprint density at radius 1 is 1.47 bits per heavy atom. The predicted molar refractivity (Wildman–Crippen MR) is 64.2 cm³/mol. The number of nitrogens with two attached hydrogens (primary N) is 1. The zero-order valence-corrected chi connectivity index (χ0v) is 10.8. The molecule has 0 aromatic rings. The van der Waals surface area contributed by atoms with Crippen LogP contribution in [0.3, 0.4) is 0 Å². The molecule has 1 heterocycles. The van der Waals surface area contributed by atoms with Crippen LogP contribution in [0, 0.1) is 5.92 Å². The van der Waals surface area contributed by atoms with Gasteiger partial charge in [-0.25, -0.2) is 4.79 Å². The topological polar surface area (TPSA) is 72.6 Å². The first-order valence-corrected chi connectivity index (χ1v) is 6.21. The number of likely N-dealkylation sites (tertiary alicyclic amines) is 1. The van der Waals surface area contributed by atoms with Gasteiger partial charge in [0.1, 0.15) is 6.04 Å². The second-order valence-corrected chi connectivity index (χ2v) is 4.71. The molecule has 0 radical (unpaired) electrons. The average Bonchev–Trinajstić information content (AvgIpc) is 2.76. The molecule has 5 nitrogen and oxygen atoms in total. The van der Waals surface area contributed by atoms with Gasteiger partial charge >= 0.3 is 5.97 Å². The summed E-state index contributed by atoms with van der Waals surface area (Å²) in [6.07, 6.45) is 1.51. The van der Waals surface area contributed by atoms with Crippen LogP contribution in [-0.2, 0) is 14.3 Å². The molecule has 1 saturated heterocycles. The monoisotopic (exact) mass is 242 g/mol. The van der Waals surface area contributed by atoms with E-state index in [-0.39, 0.29) is 17.8 Å². The molecule has 5 heteroatoms. The molecule has 1 aliphatic heterocycles. The maximum absolute atomic E-state index is 12.1. The Balaban J connectivity index is 2.69. The van der Waals surface area contributed by atoms with Crippen LogP contribution in [0.5, 0.6) is 0 Å². The zero-order chi connectivity index (χ0) is 13.0. The van der Waals surface area contributed by atoms with E-state index in [4.69, 9.17) is 10.5 Å². The van der Waals surface area contributed by atoms with Crippen LogP contribution in [0.2, 0.25) is 0 Å². The summed E-state index contributed by atoms with van der Waals surface area (Å²) in [6.45, 7) is 6.51. The molecule has 0 aromatic heterocycles. The van der Waals surface area contributed by atoms with Crippen molar-refractivity contribution in [1.29, 1.82) is 0 Å². The maximum Gasteiger partial charge on any atom is 0.328 e. The van der Waals surface area contributed by atoms with Crippen LogP contribution >= 0.6 is 0 Å². The molecule has 0 aliphatic carbocycles. The number of amides is 1. The van der Waals surface area contributed by atoms with E-state index in [2.05, 4.69) is 0 Å². The summed E-state index contributed by atoms with van der Waals surface area (Å²) in [5, 5.41) is 0. The molecule has 1 aliphatic rings. The highest BCUT2D eigenvalue weighted by Gasteiger charge is 2.37. The second kappa shape index (κ2) is 6.00.